The Morgan fingerprint density at radius 3 is 2.24 bits per heavy atom. The van der Waals surface area contributed by atoms with Gasteiger partial charge in [0.1, 0.15) is 0 Å². The highest BCUT2D eigenvalue weighted by molar-refractivity contribution is 7.12. The largest absolute Gasteiger partial charge is 0.443 e. The first-order valence-corrected chi connectivity index (χ1v) is 7.36. The van der Waals surface area contributed by atoms with Gasteiger partial charge in [-0.25, -0.2) is 4.98 Å². The molecule has 2 rings (SSSR count). The summed E-state index contributed by atoms with van der Waals surface area (Å²) in [5.41, 5.74) is 0.940. The van der Waals surface area contributed by atoms with Gasteiger partial charge in [-0.1, -0.05) is 30.3 Å². The topological polar surface area (TPSA) is 24.9 Å². The molecule has 0 aliphatic heterocycles. The minimum absolute atomic E-state index is 0.170. The Labute approximate surface area is 126 Å². The molecule has 0 unspecified atom stereocenters. The molecule has 1 aromatic heterocycles. The van der Waals surface area contributed by atoms with Gasteiger partial charge in [-0.15, -0.1) is 11.3 Å². The van der Waals surface area contributed by atoms with Crippen molar-refractivity contribution in [2.45, 2.75) is 39.0 Å². The first-order chi connectivity index (χ1) is 9.67. The van der Waals surface area contributed by atoms with Gasteiger partial charge in [0.25, 0.3) is 0 Å². The van der Waals surface area contributed by atoms with Gasteiger partial charge in [0, 0.05) is 22.5 Å². The maximum Gasteiger partial charge on any atom is 0.443 e. The predicted molar refractivity (Wildman–Crippen MR) is 79.1 cm³/mol. The molecular formula is C15H17F3N2S. The minimum Gasteiger partial charge on any atom is -0.307 e. The Balaban J connectivity index is 2.39. The number of thiazole rings is 1. The number of benzene rings is 1. The molecule has 0 spiro atoms. The van der Waals surface area contributed by atoms with Crippen LogP contribution < -0.4 is 5.32 Å². The maximum absolute atomic E-state index is 12.9. The van der Waals surface area contributed by atoms with Gasteiger partial charge in [0.15, 0.2) is 5.01 Å². The standard InChI is InChI=1S/C15H17F3N2S/c1-14(2,3)19-9-11-12(10-7-5-4-6-8-10)20-13(21-11)15(16,17)18/h4-8,19H,9H2,1-3H3. The zero-order valence-electron chi connectivity index (χ0n) is 12.1. The Bertz CT molecular complexity index is 598. The van der Waals surface area contributed by atoms with E-state index in [1.807, 2.05) is 26.8 Å². The van der Waals surface area contributed by atoms with Crippen molar-refractivity contribution in [3.8, 4) is 11.3 Å². The fourth-order valence-corrected chi connectivity index (χ4v) is 2.65. The first-order valence-electron chi connectivity index (χ1n) is 6.54. The summed E-state index contributed by atoms with van der Waals surface area (Å²) in [4.78, 5) is 4.41. The van der Waals surface area contributed by atoms with Crippen molar-refractivity contribution in [2.75, 3.05) is 0 Å². The lowest BCUT2D eigenvalue weighted by molar-refractivity contribution is -0.137. The number of halogens is 3. The van der Waals surface area contributed by atoms with Crippen molar-refractivity contribution in [3.05, 3.63) is 40.2 Å². The number of alkyl halides is 3. The van der Waals surface area contributed by atoms with Crippen molar-refractivity contribution in [1.29, 1.82) is 0 Å². The number of nitrogens with one attached hydrogen (secondary N) is 1. The maximum atomic E-state index is 12.9. The quantitative estimate of drug-likeness (QED) is 0.887. The zero-order valence-corrected chi connectivity index (χ0v) is 12.9. The molecule has 0 atom stereocenters. The number of hydrogen-bond acceptors (Lipinski definition) is 3. The molecule has 114 valence electrons. The predicted octanol–water partition coefficient (Wildman–Crippen LogP) is 4.72. The third kappa shape index (κ3) is 4.28. The van der Waals surface area contributed by atoms with Crippen LogP contribution in [0.4, 0.5) is 13.2 Å². The van der Waals surface area contributed by atoms with Gasteiger partial charge in [-0.05, 0) is 20.8 Å². The summed E-state index contributed by atoms with van der Waals surface area (Å²) in [6, 6.07) is 8.96. The van der Waals surface area contributed by atoms with Gasteiger partial charge in [0.05, 0.1) is 5.69 Å². The molecule has 0 bridgehead atoms. The minimum atomic E-state index is -4.41. The van der Waals surface area contributed by atoms with Gasteiger partial charge < -0.3 is 5.32 Å². The molecule has 2 aromatic rings. The lowest BCUT2D eigenvalue weighted by Crippen LogP contribution is -2.34. The summed E-state index contributed by atoms with van der Waals surface area (Å²) in [5.74, 6) is 0. The van der Waals surface area contributed by atoms with Crippen molar-refractivity contribution >= 4 is 11.3 Å². The summed E-state index contributed by atoms with van der Waals surface area (Å²) in [6.45, 7) is 6.28. The molecule has 0 saturated heterocycles. The lowest BCUT2D eigenvalue weighted by atomic mass is 10.1. The molecule has 0 aliphatic carbocycles. The SMILES string of the molecule is CC(C)(C)NCc1sc(C(F)(F)F)nc1-c1ccccc1. The van der Waals surface area contributed by atoms with Crippen molar-refractivity contribution < 1.29 is 13.2 Å². The molecule has 1 N–H and O–H groups in total. The second-order valence-corrected chi connectivity index (χ2v) is 6.84. The summed E-state index contributed by atoms with van der Waals surface area (Å²) < 4.78 is 38.7. The lowest BCUT2D eigenvalue weighted by Gasteiger charge is -2.20. The molecule has 0 aliphatic rings. The van der Waals surface area contributed by atoms with E-state index in [1.54, 1.807) is 24.3 Å². The molecule has 0 fully saturated rings. The van der Waals surface area contributed by atoms with E-state index in [1.165, 1.54) is 0 Å². The molecule has 0 radical (unpaired) electrons. The monoisotopic (exact) mass is 314 g/mol. The van der Waals surface area contributed by atoms with Crippen LogP contribution in [0, 0.1) is 0 Å². The van der Waals surface area contributed by atoms with E-state index in [4.69, 9.17) is 0 Å². The molecule has 1 heterocycles. The highest BCUT2D eigenvalue weighted by Gasteiger charge is 2.36. The van der Waals surface area contributed by atoms with Gasteiger partial charge in [0.2, 0.25) is 0 Å². The fourth-order valence-electron chi connectivity index (χ4n) is 1.76. The number of rotatable bonds is 3. The average Bonchev–Trinajstić information content (AvgIpc) is 2.80. The van der Waals surface area contributed by atoms with Crippen LogP contribution in [0.15, 0.2) is 30.3 Å². The molecule has 2 nitrogen and oxygen atoms in total. The third-order valence-corrected chi connectivity index (χ3v) is 3.87. The summed E-state index contributed by atoms with van der Waals surface area (Å²) >= 11 is 0.703. The molecular weight excluding hydrogens is 297 g/mol. The van der Waals surface area contributed by atoms with Crippen LogP contribution in [-0.2, 0) is 12.7 Å². The molecule has 6 heteroatoms. The number of nitrogens with zero attached hydrogens (tertiary/aromatic N) is 1. The highest BCUT2D eigenvalue weighted by atomic mass is 32.1. The van der Waals surface area contributed by atoms with Crippen molar-refractivity contribution in [2.24, 2.45) is 0 Å². The number of aromatic nitrogens is 1. The molecule has 0 saturated carbocycles. The van der Waals surface area contributed by atoms with Crippen LogP contribution in [0.1, 0.15) is 30.7 Å². The van der Waals surface area contributed by atoms with Crippen LogP contribution >= 0.6 is 11.3 Å². The summed E-state index contributed by atoms with van der Waals surface area (Å²) in [7, 11) is 0. The van der Waals surface area contributed by atoms with Crippen molar-refractivity contribution in [3.63, 3.8) is 0 Å². The van der Waals surface area contributed by atoms with Crippen LogP contribution in [0.3, 0.4) is 0 Å². The summed E-state index contributed by atoms with van der Waals surface area (Å²) in [5, 5.41) is 2.42. The van der Waals surface area contributed by atoms with E-state index in [0.717, 1.165) is 0 Å². The Morgan fingerprint density at radius 1 is 1.10 bits per heavy atom. The van der Waals surface area contributed by atoms with Gasteiger partial charge in [-0.3, -0.25) is 0 Å². The van der Waals surface area contributed by atoms with Gasteiger partial charge >= 0.3 is 6.18 Å². The first kappa shape index (κ1) is 16.0. The van der Waals surface area contributed by atoms with Crippen LogP contribution in [0.5, 0.6) is 0 Å². The molecule has 1 aromatic carbocycles. The van der Waals surface area contributed by atoms with Crippen molar-refractivity contribution in [1.82, 2.24) is 10.3 Å². The molecule has 0 amide bonds. The van der Waals surface area contributed by atoms with E-state index in [2.05, 4.69) is 10.3 Å². The molecule has 21 heavy (non-hydrogen) atoms. The number of hydrogen-bond donors (Lipinski definition) is 1. The van der Waals surface area contributed by atoms with Crippen LogP contribution in [-0.4, -0.2) is 10.5 Å². The normalized spacial score (nSPS) is 12.7. The Hall–Kier alpha value is -1.40. The second kappa shape index (κ2) is 5.77. The average molecular weight is 314 g/mol. The van der Waals surface area contributed by atoms with Gasteiger partial charge in [-0.2, -0.15) is 13.2 Å². The third-order valence-electron chi connectivity index (χ3n) is 2.77. The van der Waals surface area contributed by atoms with E-state index >= 15 is 0 Å². The highest BCUT2D eigenvalue weighted by Crippen LogP contribution is 2.37. The van der Waals surface area contributed by atoms with E-state index < -0.39 is 11.2 Å². The van der Waals surface area contributed by atoms with Crippen LogP contribution in [0.25, 0.3) is 11.3 Å². The smallest absolute Gasteiger partial charge is 0.307 e. The van der Waals surface area contributed by atoms with E-state index in [0.29, 0.717) is 34.0 Å². The van der Waals surface area contributed by atoms with Crippen LogP contribution in [0.2, 0.25) is 0 Å². The summed E-state index contributed by atoms with van der Waals surface area (Å²) in [6.07, 6.45) is -4.41. The zero-order chi connectivity index (χ0) is 15.7. The fraction of sp³-hybridized carbons (Fsp3) is 0.400. The Morgan fingerprint density at radius 2 is 1.71 bits per heavy atom. The van der Waals surface area contributed by atoms with E-state index in [-0.39, 0.29) is 5.54 Å². The second-order valence-electron chi connectivity index (χ2n) is 5.76. The van der Waals surface area contributed by atoms with E-state index in [9.17, 15) is 13.2 Å². The Kier molecular flexibility index (Phi) is 4.39.